The number of rotatable bonds is 10. The molecule has 0 atom stereocenters. The molecule has 0 heterocycles. The molecule has 3 aromatic rings. The predicted molar refractivity (Wildman–Crippen MR) is 120 cm³/mol. The Kier molecular flexibility index (Phi) is 7.72. The maximum atomic E-state index is 12.2. The zero-order valence-electron chi connectivity index (χ0n) is 17.4. The summed E-state index contributed by atoms with van der Waals surface area (Å²) < 4.78 is 11.5. The highest BCUT2D eigenvalue weighted by Gasteiger charge is 2.04. The van der Waals surface area contributed by atoms with Crippen LogP contribution in [-0.2, 0) is 17.9 Å². The van der Waals surface area contributed by atoms with Crippen molar-refractivity contribution in [3.63, 3.8) is 0 Å². The van der Waals surface area contributed by atoms with E-state index in [2.05, 4.69) is 10.6 Å². The fraction of sp³-hybridized carbons (Fsp3) is 0.240. The largest absolute Gasteiger partial charge is 0.491 e. The lowest BCUT2D eigenvalue weighted by Crippen LogP contribution is -2.29. The van der Waals surface area contributed by atoms with Crippen LogP contribution < -0.4 is 20.1 Å². The van der Waals surface area contributed by atoms with Gasteiger partial charge in [-0.05, 0) is 49.2 Å². The third kappa shape index (κ3) is 7.17. The summed E-state index contributed by atoms with van der Waals surface area (Å²) in [6.07, 6.45) is 0.142. The number of carbonyl (C=O) groups excluding carboxylic acids is 1. The van der Waals surface area contributed by atoms with E-state index in [0.717, 1.165) is 28.3 Å². The molecule has 0 spiro atoms. The Morgan fingerprint density at radius 2 is 1.63 bits per heavy atom. The Balaban J connectivity index is 1.42. The topological polar surface area (TPSA) is 59.6 Å². The molecule has 3 aromatic carbocycles. The van der Waals surface area contributed by atoms with Gasteiger partial charge >= 0.3 is 0 Å². The summed E-state index contributed by atoms with van der Waals surface area (Å²) in [6.45, 7) is 5.16. The lowest BCUT2D eigenvalue weighted by molar-refractivity contribution is -0.119. The molecule has 0 unspecified atom stereocenters. The Morgan fingerprint density at radius 1 is 0.867 bits per heavy atom. The van der Waals surface area contributed by atoms with Crippen LogP contribution in [0.25, 0.3) is 0 Å². The normalized spacial score (nSPS) is 10.5. The van der Waals surface area contributed by atoms with E-state index in [1.54, 1.807) is 0 Å². The first-order valence-corrected chi connectivity index (χ1v) is 10.1. The van der Waals surface area contributed by atoms with E-state index in [-0.39, 0.29) is 18.6 Å². The summed E-state index contributed by atoms with van der Waals surface area (Å²) in [7, 11) is 0. The summed E-state index contributed by atoms with van der Waals surface area (Å²) in [5, 5.41) is 6.06. The minimum absolute atomic E-state index is 0.0758. The Labute approximate surface area is 178 Å². The third-order valence-corrected chi connectivity index (χ3v) is 4.32. The fourth-order valence-corrected chi connectivity index (χ4v) is 2.84. The van der Waals surface area contributed by atoms with Crippen LogP contribution in [0.2, 0.25) is 0 Å². The number of ether oxygens (including phenoxy) is 2. The van der Waals surface area contributed by atoms with E-state index >= 15 is 0 Å². The van der Waals surface area contributed by atoms with Crippen LogP contribution in [0.1, 0.15) is 25.0 Å². The van der Waals surface area contributed by atoms with E-state index in [9.17, 15) is 4.79 Å². The zero-order chi connectivity index (χ0) is 21.2. The van der Waals surface area contributed by atoms with Crippen molar-refractivity contribution in [1.82, 2.24) is 5.32 Å². The van der Waals surface area contributed by atoms with Gasteiger partial charge in [0, 0.05) is 18.3 Å². The lowest BCUT2D eigenvalue weighted by Gasteiger charge is -2.11. The van der Waals surface area contributed by atoms with Gasteiger partial charge in [-0.15, -0.1) is 0 Å². The molecule has 0 radical (unpaired) electrons. The molecule has 1 amide bonds. The standard InChI is InChI=1S/C25H28N2O3/c1-19(2)30-23-13-11-20(12-14-23)16-27-25(28)17-26-22-9-6-10-24(15-22)29-18-21-7-4-3-5-8-21/h3-15,19,26H,16-18H2,1-2H3,(H,27,28). The van der Waals surface area contributed by atoms with Crippen LogP contribution in [0.5, 0.6) is 11.5 Å². The minimum atomic E-state index is -0.0758. The van der Waals surface area contributed by atoms with Gasteiger partial charge in [-0.2, -0.15) is 0 Å². The first kappa shape index (κ1) is 21.2. The third-order valence-electron chi connectivity index (χ3n) is 4.32. The summed E-state index contributed by atoms with van der Waals surface area (Å²) in [4.78, 5) is 12.2. The van der Waals surface area contributed by atoms with Gasteiger partial charge in [0.05, 0.1) is 12.6 Å². The van der Waals surface area contributed by atoms with Crippen molar-refractivity contribution in [3.8, 4) is 11.5 Å². The highest BCUT2D eigenvalue weighted by atomic mass is 16.5. The van der Waals surface area contributed by atoms with Crippen LogP contribution in [0.4, 0.5) is 5.69 Å². The number of hydrogen-bond donors (Lipinski definition) is 2. The first-order valence-electron chi connectivity index (χ1n) is 10.1. The van der Waals surface area contributed by atoms with Crippen LogP contribution in [0.15, 0.2) is 78.9 Å². The van der Waals surface area contributed by atoms with Crippen LogP contribution in [0, 0.1) is 0 Å². The molecule has 0 aliphatic rings. The Morgan fingerprint density at radius 3 is 2.37 bits per heavy atom. The van der Waals surface area contributed by atoms with Crippen LogP contribution in [-0.4, -0.2) is 18.6 Å². The lowest BCUT2D eigenvalue weighted by atomic mass is 10.2. The molecule has 0 aliphatic heterocycles. The average molecular weight is 405 g/mol. The average Bonchev–Trinajstić information content (AvgIpc) is 2.76. The van der Waals surface area contributed by atoms with Crippen molar-refractivity contribution >= 4 is 11.6 Å². The predicted octanol–water partition coefficient (Wildman–Crippen LogP) is 4.78. The summed E-state index contributed by atoms with van der Waals surface area (Å²) in [6, 6.07) is 25.4. The molecule has 0 bridgehead atoms. The molecular formula is C25H28N2O3. The van der Waals surface area contributed by atoms with Crippen molar-refractivity contribution in [1.29, 1.82) is 0 Å². The molecule has 0 saturated carbocycles. The van der Waals surface area contributed by atoms with Crippen molar-refractivity contribution in [3.05, 3.63) is 90.0 Å². The molecular weight excluding hydrogens is 376 g/mol. The maximum Gasteiger partial charge on any atom is 0.239 e. The van der Waals surface area contributed by atoms with Gasteiger partial charge in [-0.1, -0.05) is 48.5 Å². The second kappa shape index (κ2) is 10.9. The van der Waals surface area contributed by atoms with E-state index in [4.69, 9.17) is 9.47 Å². The molecule has 0 aromatic heterocycles. The van der Waals surface area contributed by atoms with E-state index in [0.29, 0.717) is 13.2 Å². The van der Waals surface area contributed by atoms with Gasteiger partial charge in [0.15, 0.2) is 0 Å². The monoisotopic (exact) mass is 404 g/mol. The van der Waals surface area contributed by atoms with Gasteiger partial charge in [0.25, 0.3) is 0 Å². The van der Waals surface area contributed by atoms with E-state index in [1.165, 1.54) is 0 Å². The number of carbonyl (C=O) groups is 1. The quantitative estimate of drug-likeness (QED) is 0.510. The van der Waals surface area contributed by atoms with E-state index in [1.807, 2.05) is 92.7 Å². The minimum Gasteiger partial charge on any atom is -0.491 e. The number of hydrogen-bond acceptors (Lipinski definition) is 4. The SMILES string of the molecule is CC(C)Oc1ccc(CNC(=O)CNc2cccc(OCc3ccccc3)c2)cc1. The van der Waals surface area contributed by atoms with E-state index < -0.39 is 0 Å². The molecule has 0 aliphatic carbocycles. The van der Waals surface area contributed by atoms with Crippen molar-refractivity contribution in [2.24, 2.45) is 0 Å². The zero-order valence-corrected chi connectivity index (χ0v) is 17.4. The molecule has 30 heavy (non-hydrogen) atoms. The maximum absolute atomic E-state index is 12.2. The second-order valence-corrected chi connectivity index (χ2v) is 7.24. The van der Waals surface area contributed by atoms with Gasteiger partial charge < -0.3 is 20.1 Å². The Bertz CT molecular complexity index is 925. The van der Waals surface area contributed by atoms with Gasteiger partial charge in [-0.3, -0.25) is 4.79 Å². The van der Waals surface area contributed by atoms with Gasteiger partial charge in [0.2, 0.25) is 5.91 Å². The van der Waals surface area contributed by atoms with Crippen molar-refractivity contribution < 1.29 is 14.3 Å². The highest BCUT2D eigenvalue weighted by Crippen LogP contribution is 2.18. The van der Waals surface area contributed by atoms with Crippen LogP contribution >= 0.6 is 0 Å². The second-order valence-electron chi connectivity index (χ2n) is 7.24. The number of nitrogens with one attached hydrogen (secondary N) is 2. The molecule has 3 rings (SSSR count). The Hall–Kier alpha value is -3.47. The molecule has 156 valence electrons. The van der Waals surface area contributed by atoms with Gasteiger partial charge in [-0.25, -0.2) is 0 Å². The summed E-state index contributed by atoms with van der Waals surface area (Å²) >= 11 is 0. The van der Waals surface area contributed by atoms with Gasteiger partial charge in [0.1, 0.15) is 18.1 Å². The molecule has 0 fully saturated rings. The van der Waals surface area contributed by atoms with Crippen molar-refractivity contribution in [2.45, 2.75) is 33.1 Å². The van der Waals surface area contributed by atoms with Crippen LogP contribution in [0.3, 0.4) is 0 Å². The molecule has 2 N–H and O–H groups in total. The molecule has 0 saturated heterocycles. The fourth-order valence-electron chi connectivity index (χ4n) is 2.84. The number of benzene rings is 3. The summed E-state index contributed by atoms with van der Waals surface area (Å²) in [5.74, 6) is 1.51. The van der Waals surface area contributed by atoms with Crippen molar-refractivity contribution in [2.75, 3.05) is 11.9 Å². The first-order chi connectivity index (χ1) is 14.6. The number of anilines is 1. The smallest absolute Gasteiger partial charge is 0.239 e. The molecule has 5 nitrogen and oxygen atoms in total. The molecule has 5 heteroatoms. The number of amides is 1. The highest BCUT2D eigenvalue weighted by molar-refractivity contribution is 5.80. The summed E-state index contributed by atoms with van der Waals surface area (Å²) in [5.41, 5.74) is 2.97.